The third-order valence-corrected chi connectivity index (χ3v) is 7.96. The fourth-order valence-corrected chi connectivity index (χ4v) is 6.27. The molecule has 3 heterocycles. The summed E-state index contributed by atoms with van der Waals surface area (Å²) < 4.78 is 57.2. The van der Waals surface area contributed by atoms with Gasteiger partial charge in [0, 0.05) is 37.9 Å². The summed E-state index contributed by atoms with van der Waals surface area (Å²) in [7, 11) is -3.03. The molecule has 0 radical (unpaired) electrons. The van der Waals surface area contributed by atoms with Crippen LogP contribution >= 0.6 is 0 Å². The van der Waals surface area contributed by atoms with Gasteiger partial charge >= 0.3 is 16.3 Å². The zero-order valence-electron chi connectivity index (χ0n) is 17.9. The Balaban J connectivity index is 1.68. The van der Waals surface area contributed by atoms with Crippen LogP contribution in [0.2, 0.25) is 0 Å². The number of anilines is 1. The summed E-state index contributed by atoms with van der Waals surface area (Å²) in [5, 5.41) is 9.39. The SMILES string of the molecule is COc1c(N2C[C@H]3CCCN(S(=O)(=O)O)[C@H]3C2)c(F)cc2c(=O)c(C(=O)O)cn(C3CC3)c12. The molecule has 12 heteroatoms. The standard InChI is InChI=1S/C21H24FN3O7S/c1-32-20-17-13(19(26)14(21(27)28)9-24(17)12-4-5-12)7-15(22)18(20)23-8-11-3-2-6-25(16(11)10-23)33(29,30)31/h7,9,11-12,16H,2-6,8,10H2,1H3,(H,27,28)(H,29,30,31)/t11-,16+/m1/s1. The lowest BCUT2D eigenvalue weighted by Gasteiger charge is -2.33. The van der Waals surface area contributed by atoms with E-state index in [1.165, 1.54) is 13.3 Å². The summed E-state index contributed by atoms with van der Waals surface area (Å²) in [6.45, 7) is 0.713. The molecule has 1 aromatic carbocycles. The Labute approximate surface area is 189 Å². The van der Waals surface area contributed by atoms with E-state index in [1.807, 2.05) is 0 Å². The summed E-state index contributed by atoms with van der Waals surface area (Å²) in [6.07, 6.45) is 4.21. The van der Waals surface area contributed by atoms with Crippen molar-refractivity contribution in [2.24, 2.45) is 5.92 Å². The highest BCUT2D eigenvalue weighted by Crippen LogP contribution is 2.45. The van der Waals surface area contributed by atoms with Crippen LogP contribution in [0.3, 0.4) is 0 Å². The summed E-state index contributed by atoms with van der Waals surface area (Å²) >= 11 is 0. The molecule has 0 bridgehead atoms. The maximum absolute atomic E-state index is 15.5. The van der Waals surface area contributed by atoms with Crippen molar-refractivity contribution >= 4 is 32.9 Å². The van der Waals surface area contributed by atoms with Gasteiger partial charge in [-0.3, -0.25) is 9.35 Å². The summed E-state index contributed by atoms with van der Waals surface area (Å²) in [6, 6.07) is 0.520. The van der Waals surface area contributed by atoms with Gasteiger partial charge in [-0.2, -0.15) is 12.7 Å². The van der Waals surface area contributed by atoms with Crippen molar-refractivity contribution < 1.29 is 32.0 Å². The van der Waals surface area contributed by atoms with E-state index in [1.54, 1.807) is 9.47 Å². The van der Waals surface area contributed by atoms with Crippen LogP contribution < -0.4 is 15.1 Å². The second-order valence-electron chi connectivity index (χ2n) is 8.92. The molecule has 178 valence electrons. The number of fused-ring (bicyclic) bond motifs is 2. The van der Waals surface area contributed by atoms with E-state index in [0.717, 1.165) is 29.6 Å². The van der Waals surface area contributed by atoms with Gasteiger partial charge in [-0.15, -0.1) is 0 Å². The van der Waals surface area contributed by atoms with Gasteiger partial charge in [-0.25, -0.2) is 9.18 Å². The van der Waals surface area contributed by atoms with E-state index < -0.39 is 39.1 Å². The minimum Gasteiger partial charge on any atom is -0.492 e. The molecule has 2 atom stereocenters. The molecular weight excluding hydrogens is 457 g/mol. The van der Waals surface area contributed by atoms with Crippen LogP contribution in [0.25, 0.3) is 10.9 Å². The average Bonchev–Trinajstić information content (AvgIpc) is 3.50. The lowest BCUT2D eigenvalue weighted by atomic mass is 9.94. The van der Waals surface area contributed by atoms with Crippen molar-refractivity contribution in [3.05, 3.63) is 33.9 Å². The van der Waals surface area contributed by atoms with Crippen molar-refractivity contribution in [1.29, 1.82) is 0 Å². The Bertz CT molecular complexity index is 1320. The third-order valence-electron chi connectivity index (χ3n) is 6.92. The zero-order valence-corrected chi connectivity index (χ0v) is 18.7. The van der Waals surface area contributed by atoms with Gasteiger partial charge in [-0.1, -0.05) is 0 Å². The second-order valence-corrected chi connectivity index (χ2v) is 10.3. The lowest BCUT2D eigenvalue weighted by molar-refractivity contribution is 0.0694. The molecule has 5 rings (SSSR count). The number of aromatic nitrogens is 1. The molecule has 0 spiro atoms. The van der Waals surface area contributed by atoms with E-state index >= 15 is 4.39 Å². The Morgan fingerprint density at radius 1 is 1.24 bits per heavy atom. The number of pyridine rings is 1. The highest BCUT2D eigenvalue weighted by atomic mass is 32.2. The highest BCUT2D eigenvalue weighted by Gasteiger charge is 2.45. The average molecular weight is 482 g/mol. The highest BCUT2D eigenvalue weighted by molar-refractivity contribution is 7.83. The Kier molecular flexibility index (Phi) is 5.14. The van der Waals surface area contributed by atoms with Crippen molar-refractivity contribution in [2.45, 2.75) is 37.8 Å². The van der Waals surface area contributed by atoms with E-state index in [2.05, 4.69) is 0 Å². The maximum atomic E-state index is 15.5. The fourth-order valence-electron chi connectivity index (χ4n) is 5.33. The zero-order chi connectivity index (χ0) is 23.7. The Morgan fingerprint density at radius 3 is 2.58 bits per heavy atom. The van der Waals surface area contributed by atoms with Crippen LogP contribution in [-0.4, -0.2) is 65.7 Å². The first-order valence-corrected chi connectivity index (χ1v) is 12.2. The molecule has 3 fully saturated rings. The molecule has 2 saturated heterocycles. The van der Waals surface area contributed by atoms with Crippen molar-refractivity contribution in [3.63, 3.8) is 0 Å². The van der Waals surface area contributed by atoms with Gasteiger partial charge in [0.15, 0.2) is 11.6 Å². The number of ether oxygens (including phenoxy) is 1. The first-order chi connectivity index (χ1) is 15.6. The summed E-state index contributed by atoms with van der Waals surface area (Å²) in [5.41, 5.74) is -0.787. The number of methoxy groups -OCH3 is 1. The van der Waals surface area contributed by atoms with E-state index in [4.69, 9.17) is 4.74 Å². The number of piperidine rings is 1. The van der Waals surface area contributed by atoms with Crippen molar-refractivity contribution in [2.75, 3.05) is 31.6 Å². The topological polar surface area (TPSA) is 129 Å². The number of carboxylic acids is 1. The molecule has 1 aromatic heterocycles. The third kappa shape index (κ3) is 3.56. The minimum atomic E-state index is -4.39. The lowest BCUT2D eigenvalue weighted by Crippen LogP contribution is -2.48. The molecule has 3 aliphatic rings. The Hall–Kier alpha value is -2.70. The van der Waals surface area contributed by atoms with Gasteiger partial charge in [-0.05, 0) is 37.7 Å². The molecule has 1 saturated carbocycles. The van der Waals surface area contributed by atoms with Crippen LogP contribution in [0.15, 0.2) is 17.1 Å². The second kappa shape index (κ2) is 7.67. The van der Waals surface area contributed by atoms with Gasteiger partial charge in [0.1, 0.15) is 11.3 Å². The summed E-state index contributed by atoms with van der Waals surface area (Å²) in [5.74, 6) is -2.12. The summed E-state index contributed by atoms with van der Waals surface area (Å²) in [4.78, 5) is 26.2. The number of benzene rings is 1. The number of hydrogen-bond donors (Lipinski definition) is 2. The molecule has 0 unspecified atom stereocenters. The molecular formula is C21H24FN3O7S. The van der Waals surface area contributed by atoms with E-state index in [9.17, 15) is 27.7 Å². The molecule has 1 aliphatic carbocycles. The quantitative estimate of drug-likeness (QED) is 0.620. The first-order valence-electron chi connectivity index (χ1n) is 10.8. The fraction of sp³-hybridized carbons (Fsp3) is 0.524. The maximum Gasteiger partial charge on any atom is 0.341 e. The van der Waals surface area contributed by atoms with Crippen molar-refractivity contribution in [3.8, 4) is 5.75 Å². The number of aromatic carboxylic acids is 1. The first kappa shape index (κ1) is 22.1. The molecule has 2 N–H and O–H groups in total. The van der Waals surface area contributed by atoms with Crippen LogP contribution in [0, 0.1) is 11.7 Å². The molecule has 33 heavy (non-hydrogen) atoms. The van der Waals surface area contributed by atoms with Crippen LogP contribution in [0.1, 0.15) is 42.1 Å². The Morgan fingerprint density at radius 2 is 1.97 bits per heavy atom. The number of nitrogens with zero attached hydrogens (tertiary/aromatic N) is 3. The monoisotopic (exact) mass is 481 g/mol. The molecule has 0 amide bonds. The van der Waals surface area contributed by atoms with Gasteiger partial charge in [0.25, 0.3) is 0 Å². The van der Waals surface area contributed by atoms with Crippen LogP contribution in [-0.2, 0) is 10.3 Å². The number of carboxylic acid groups (broad SMARTS) is 1. The van der Waals surface area contributed by atoms with Gasteiger partial charge in [0.2, 0.25) is 5.43 Å². The molecule has 2 aromatic rings. The van der Waals surface area contributed by atoms with Gasteiger partial charge in [0.05, 0.1) is 18.0 Å². The smallest absolute Gasteiger partial charge is 0.341 e. The number of carbonyl (C=O) groups is 1. The normalized spacial score (nSPS) is 23.7. The van der Waals surface area contributed by atoms with E-state index in [0.29, 0.717) is 18.5 Å². The van der Waals surface area contributed by atoms with Crippen molar-refractivity contribution in [1.82, 2.24) is 8.87 Å². The van der Waals surface area contributed by atoms with E-state index in [-0.39, 0.29) is 41.9 Å². The minimum absolute atomic E-state index is 0.0189. The van der Waals surface area contributed by atoms with Crippen LogP contribution in [0.5, 0.6) is 5.75 Å². The number of halogens is 1. The molecule has 10 nitrogen and oxygen atoms in total. The van der Waals surface area contributed by atoms with Gasteiger partial charge < -0.3 is 19.3 Å². The predicted octanol–water partition coefficient (Wildman–Crippen LogP) is 1.89. The number of rotatable bonds is 5. The number of hydrogen-bond acceptors (Lipinski definition) is 6. The largest absolute Gasteiger partial charge is 0.492 e. The molecule has 2 aliphatic heterocycles. The predicted molar refractivity (Wildman–Crippen MR) is 117 cm³/mol. The van der Waals surface area contributed by atoms with Crippen LogP contribution in [0.4, 0.5) is 10.1 Å².